The molecule has 5 heteroatoms. The Labute approximate surface area is 140 Å². The molecular weight excluding hydrogens is 304 g/mol. The van der Waals surface area contributed by atoms with Gasteiger partial charge in [0, 0.05) is 23.5 Å². The molecule has 0 radical (unpaired) electrons. The van der Waals surface area contributed by atoms with Gasteiger partial charge in [-0.15, -0.1) is 0 Å². The zero-order chi connectivity index (χ0) is 16.9. The lowest BCUT2D eigenvalue weighted by atomic mass is 10.1. The monoisotopic (exact) mass is 324 g/mol. The van der Waals surface area contributed by atoms with Crippen molar-refractivity contribution >= 4 is 16.9 Å². The van der Waals surface area contributed by atoms with Gasteiger partial charge in [0.25, 0.3) is 0 Å². The molecule has 24 heavy (non-hydrogen) atoms. The predicted octanol–water partition coefficient (Wildman–Crippen LogP) is 2.79. The van der Waals surface area contributed by atoms with Crippen molar-refractivity contribution in [1.29, 1.82) is 0 Å². The van der Waals surface area contributed by atoms with Crippen molar-refractivity contribution in [2.45, 2.75) is 19.1 Å². The predicted molar refractivity (Wildman–Crippen MR) is 92.8 cm³/mol. The molecule has 0 aliphatic heterocycles. The van der Waals surface area contributed by atoms with Crippen LogP contribution in [0.1, 0.15) is 11.1 Å². The first-order chi connectivity index (χ1) is 11.7. The van der Waals surface area contributed by atoms with E-state index in [1.165, 1.54) is 7.11 Å². The Morgan fingerprint density at radius 1 is 1.21 bits per heavy atom. The average molecular weight is 324 g/mol. The first kappa shape index (κ1) is 16.1. The minimum Gasteiger partial charge on any atom is -0.489 e. The number of carbonyl (C=O) groups is 1. The van der Waals surface area contributed by atoms with Crippen LogP contribution in [0.5, 0.6) is 5.75 Å². The first-order valence-electron chi connectivity index (χ1n) is 7.77. The SMILES string of the molecule is COC(=O)[C@@H](N)Cc1c[nH]c2ccc(OCc3ccccc3)cc12. The van der Waals surface area contributed by atoms with E-state index in [2.05, 4.69) is 9.72 Å². The summed E-state index contributed by atoms with van der Waals surface area (Å²) < 4.78 is 10.5. The van der Waals surface area contributed by atoms with Gasteiger partial charge < -0.3 is 20.2 Å². The first-order valence-corrected chi connectivity index (χ1v) is 7.77. The van der Waals surface area contributed by atoms with Gasteiger partial charge in [-0.05, 0) is 29.3 Å². The molecule has 5 nitrogen and oxygen atoms in total. The molecule has 3 N–H and O–H groups in total. The van der Waals surface area contributed by atoms with Crippen LogP contribution < -0.4 is 10.5 Å². The lowest BCUT2D eigenvalue weighted by Crippen LogP contribution is -2.33. The van der Waals surface area contributed by atoms with Gasteiger partial charge >= 0.3 is 5.97 Å². The number of benzene rings is 2. The van der Waals surface area contributed by atoms with E-state index >= 15 is 0 Å². The number of rotatable bonds is 6. The Kier molecular flexibility index (Phi) is 4.82. The summed E-state index contributed by atoms with van der Waals surface area (Å²) in [7, 11) is 1.34. The minimum absolute atomic E-state index is 0.412. The molecule has 3 rings (SSSR count). The van der Waals surface area contributed by atoms with Gasteiger partial charge in [-0.3, -0.25) is 4.79 Å². The van der Waals surface area contributed by atoms with Gasteiger partial charge in [-0.2, -0.15) is 0 Å². The van der Waals surface area contributed by atoms with Crippen molar-refractivity contribution in [3.8, 4) is 5.75 Å². The topological polar surface area (TPSA) is 77.3 Å². The Morgan fingerprint density at radius 3 is 2.75 bits per heavy atom. The van der Waals surface area contributed by atoms with Gasteiger partial charge in [-0.1, -0.05) is 30.3 Å². The van der Waals surface area contributed by atoms with Gasteiger partial charge in [0.05, 0.1) is 7.11 Å². The number of aromatic amines is 1. The summed E-state index contributed by atoms with van der Waals surface area (Å²) in [6, 6.07) is 15.2. The minimum atomic E-state index is -0.678. The molecule has 0 spiro atoms. The zero-order valence-electron chi connectivity index (χ0n) is 13.5. The van der Waals surface area contributed by atoms with Gasteiger partial charge in [0.1, 0.15) is 18.4 Å². The third kappa shape index (κ3) is 3.58. The largest absolute Gasteiger partial charge is 0.489 e. The summed E-state index contributed by atoms with van der Waals surface area (Å²) >= 11 is 0. The smallest absolute Gasteiger partial charge is 0.322 e. The third-order valence-electron chi connectivity index (χ3n) is 3.93. The molecule has 0 saturated carbocycles. The Hall–Kier alpha value is -2.79. The van der Waals surface area contributed by atoms with E-state index in [0.29, 0.717) is 13.0 Å². The molecule has 1 heterocycles. The number of nitrogens with two attached hydrogens (primary N) is 1. The van der Waals surface area contributed by atoms with Crippen molar-refractivity contribution in [3.05, 3.63) is 65.9 Å². The number of methoxy groups -OCH3 is 1. The highest BCUT2D eigenvalue weighted by atomic mass is 16.5. The molecule has 0 amide bonds. The van der Waals surface area contributed by atoms with E-state index in [4.69, 9.17) is 10.5 Å². The van der Waals surface area contributed by atoms with E-state index < -0.39 is 12.0 Å². The zero-order valence-corrected chi connectivity index (χ0v) is 13.5. The Bertz CT molecular complexity index is 827. The second kappa shape index (κ2) is 7.19. The molecule has 0 aliphatic carbocycles. The van der Waals surface area contributed by atoms with Crippen LogP contribution in [0.4, 0.5) is 0 Å². The summed E-state index contributed by atoms with van der Waals surface area (Å²) in [5, 5.41) is 1.000. The van der Waals surface area contributed by atoms with E-state index in [9.17, 15) is 4.79 Å². The number of hydrogen-bond acceptors (Lipinski definition) is 4. The maximum Gasteiger partial charge on any atom is 0.322 e. The van der Waals surface area contributed by atoms with E-state index in [0.717, 1.165) is 27.8 Å². The van der Waals surface area contributed by atoms with Crippen LogP contribution in [-0.2, 0) is 22.6 Å². The van der Waals surface area contributed by atoms with Crippen LogP contribution >= 0.6 is 0 Å². The second-order valence-corrected chi connectivity index (χ2v) is 5.63. The van der Waals surface area contributed by atoms with E-state index in [-0.39, 0.29) is 0 Å². The summed E-state index contributed by atoms with van der Waals surface area (Å²) in [4.78, 5) is 14.7. The standard InChI is InChI=1S/C19H20N2O3/c1-23-19(22)17(20)9-14-11-21-18-8-7-15(10-16(14)18)24-12-13-5-3-2-4-6-13/h2-8,10-11,17,21H,9,12,20H2,1H3/t17-/m0/s1. The van der Waals surface area contributed by atoms with Crippen molar-refractivity contribution in [3.63, 3.8) is 0 Å². The Balaban J connectivity index is 1.77. The lowest BCUT2D eigenvalue weighted by Gasteiger charge is -2.09. The summed E-state index contributed by atoms with van der Waals surface area (Å²) in [5.74, 6) is 0.361. The third-order valence-corrected chi connectivity index (χ3v) is 3.93. The quantitative estimate of drug-likeness (QED) is 0.684. The van der Waals surface area contributed by atoms with Gasteiger partial charge in [0.2, 0.25) is 0 Å². The molecule has 0 bridgehead atoms. The number of hydrogen-bond donors (Lipinski definition) is 2. The van der Waals surface area contributed by atoms with Crippen molar-refractivity contribution < 1.29 is 14.3 Å². The van der Waals surface area contributed by atoms with Crippen molar-refractivity contribution in [2.75, 3.05) is 7.11 Å². The number of nitrogens with one attached hydrogen (secondary N) is 1. The number of esters is 1. The van der Waals surface area contributed by atoms with Gasteiger partial charge in [-0.25, -0.2) is 0 Å². The fourth-order valence-electron chi connectivity index (χ4n) is 2.63. The summed E-state index contributed by atoms with van der Waals surface area (Å²) in [6.07, 6.45) is 2.28. The van der Waals surface area contributed by atoms with E-state index in [1.807, 2.05) is 54.7 Å². The molecule has 1 atom stereocenters. The molecule has 0 saturated heterocycles. The average Bonchev–Trinajstić information content (AvgIpc) is 3.02. The number of ether oxygens (including phenoxy) is 2. The number of H-pyrrole nitrogens is 1. The van der Waals surface area contributed by atoms with Crippen LogP contribution in [0.3, 0.4) is 0 Å². The molecular formula is C19H20N2O3. The highest BCUT2D eigenvalue weighted by Gasteiger charge is 2.16. The fraction of sp³-hybridized carbons (Fsp3) is 0.211. The van der Waals surface area contributed by atoms with Crippen LogP contribution in [0.25, 0.3) is 10.9 Å². The Morgan fingerprint density at radius 2 is 2.00 bits per heavy atom. The van der Waals surface area contributed by atoms with Crippen LogP contribution in [0, 0.1) is 0 Å². The number of carbonyl (C=O) groups excluding carboxylic acids is 1. The molecule has 0 fully saturated rings. The number of fused-ring (bicyclic) bond motifs is 1. The molecule has 3 aromatic rings. The maximum atomic E-state index is 11.5. The molecule has 0 aliphatic rings. The molecule has 2 aromatic carbocycles. The molecule has 124 valence electrons. The van der Waals surface area contributed by atoms with Gasteiger partial charge in [0.15, 0.2) is 0 Å². The lowest BCUT2D eigenvalue weighted by molar-refractivity contribution is -0.142. The normalized spacial score (nSPS) is 12.1. The van der Waals surface area contributed by atoms with Crippen LogP contribution in [0.2, 0.25) is 0 Å². The maximum absolute atomic E-state index is 11.5. The summed E-state index contributed by atoms with van der Waals surface area (Å²) in [5.41, 5.74) is 8.92. The van der Waals surface area contributed by atoms with E-state index in [1.54, 1.807) is 0 Å². The van der Waals surface area contributed by atoms with Crippen LogP contribution in [-0.4, -0.2) is 24.1 Å². The summed E-state index contributed by atoms with van der Waals surface area (Å²) in [6.45, 7) is 0.508. The van der Waals surface area contributed by atoms with Crippen molar-refractivity contribution in [2.24, 2.45) is 5.73 Å². The second-order valence-electron chi connectivity index (χ2n) is 5.63. The number of aromatic nitrogens is 1. The van der Waals surface area contributed by atoms with Crippen LogP contribution in [0.15, 0.2) is 54.7 Å². The fourth-order valence-corrected chi connectivity index (χ4v) is 2.63. The molecule has 0 unspecified atom stereocenters. The highest BCUT2D eigenvalue weighted by molar-refractivity contribution is 5.85. The van der Waals surface area contributed by atoms with Crippen molar-refractivity contribution in [1.82, 2.24) is 4.98 Å². The highest BCUT2D eigenvalue weighted by Crippen LogP contribution is 2.25. The molecule has 1 aromatic heterocycles.